The molecule has 0 spiro atoms. The molecule has 106 valence electrons. The Morgan fingerprint density at radius 3 is 2.35 bits per heavy atom. The molecule has 2 heterocycles. The standard InChI is InChI=1S/C15H20BNO3/c1-14(2)15(3,4)20-16(19-14)11-8-6-7-10-9-12(18)17(5)13(10)11/h6-8H,9H2,1-5H3. The Hall–Kier alpha value is -1.33. The molecule has 3 rings (SSSR count). The fourth-order valence-electron chi connectivity index (χ4n) is 2.73. The Labute approximate surface area is 120 Å². The van der Waals surface area contributed by atoms with E-state index < -0.39 is 7.12 Å². The summed E-state index contributed by atoms with van der Waals surface area (Å²) in [7, 11) is 1.38. The first kappa shape index (κ1) is 13.6. The van der Waals surface area contributed by atoms with Gasteiger partial charge in [-0.25, -0.2) is 0 Å². The summed E-state index contributed by atoms with van der Waals surface area (Å²) >= 11 is 0. The summed E-state index contributed by atoms with van der Waals surface area (Å²) in [6, 6.07) is 5.94. The number of hydrogen-bond acceptors (Lipinski definition) is 3. The topological polar surface area (TPSA) is 38.8 Å². The molecule has 1 amide bonds. The van der Waals surface area contributed by atoms with Crippen LogP contribution in [0.4, 0.5) is 5.69 Å². The smallest absolute Gasteiger partial charge is 0.399 e. The Kier molecular flexibility index (Phi) is 2.79. The largest absolute Gasteiger partial charge is 0.496 e. The number of carbonyl (C=O) groups is 1. The van der Waals surface area contributed by atoms with Gasteiger partial charge < -0.3 is 14.2 Å². The maximum absolute atomic E-state index is 11.9. The number of rotatable bonds is 1. The average Bonchev–Trinajstić information content (AvgIpc) is 2.74. The first-order valence-corrected chi connectivity index (χ1v) is 6.97. The van der Waals surface area contributed by atoms with Crippen LogP contribution in [0, 0.1) is 0 Å². The van der Waals surface area contributed by atoms with Gasteiger partial charge in [0.2, 0.25) is 5.91 Å². The number of benzene rings is 1. The first-order valence-electron chi connectivity index (χ1n) is 6.97. The second-order valence-corrected chi connectivity index (χ2v) is 6.57. The summed E-state index contributed by atoms with van der Waals surface area (Å²) in [5.74, 6) is 0.115. The Morgan fingerprint density at radius 2 is 1.75 bits per heavy atom. The van der Waals surface area contributed by atoms with Crippen LogP contribution < -0.4 is 10.4 Å². The number of hydrogen-bond donors (Lipinski definition) is 0. The third kappa shape index (κ3) is 1.80. The summed E-state index contributed by atoms with van der Waals surface area (Å²) in [5, 5.41) is 0. The van der Waals surface area contributed by atoms with Crippen LogP contribution >= 0.6 is 0 Å². The van der Waals surface area contributed by atoms with Gasteiger partial charge in [0.15, 0.2) is 0 Å². The summed E-state index contributed by atoms with van der Waals surface area (Å²) in [4.78, 5) is 13.6. The van der Waals surface area contributed by atoms with Crippen molar-refractivity contribution in [3.05, 3.63) is 23.8 Å². The fourth-order valence-corrected chi connectivity index (χ4v) is 2.73. The molecule has 0 bridgehead atoms. The molecule has 0 saturated carbocycles. The van der Waals surface area contributed by atoms with E-state index in [1.165, 1.54) is 0 Å². The first-order chi connectivity index (χ1) is 9.23. The molecule has 1 aromatic rings. The van der Waals surface area contributed by atoms with Gasteiger partial charge in [0, 0.05) is 18.2 Å². The van der Waals surface area contributed by atoms with Crippen molar-refractivity contribution >= 4 is 24.2 Å². The van der Waals surface area contributed by atoms with E-state index in [9.17, 15) is 4.79 Å². The Bertz CT molecular complexity index is 566. The number of para-hydroxylation sites is 1. The van der Waals surface area contributed by atoms with Gasteiger partial charge in [0.1, 0.15) is 0 Å². The van der Waals surface area contributed by atoms with Crippen molar-refractivity contribution in [1.82, 2.24) is 0 Å². The summed E-state index contributed by atoms with van der Waals surface area (Å²) in [6.45, 7) is 8.13. The summed E-state index contributed by atoms with van der Waals surface area (Å²) in [6.07, 6.45) is 0.458. The highest BCUT2D eigenvalue weighted by Gasteiger charge is 2.52. The number of amides is 1. The molecule has 1 aromatic carbocycles. The second kappa shape index (κ2) is 4.09. The van der Waals surface area contributed by atoms with E-state index in [1.54, 1.807) is 4.90 Å². The molecule has 0 aromatic heterocycles. The molecular weight excluding hydrogens is 253 g/mol. The molecule has 0 aliphatic carbocycles. The van der Waals surface area contributed by atoms with Crippen molar-refractivity contribution < 1.29 is 14.1 Å². The van der Waals surface area contributed by atoms with Crippen molar-refractivity contribution in [3.63, 3.8) is 0 Å². The monoisotopic (exact) mass is 273 g/mol. The van der Waals surface area contributed by atoms with Gasteiger partial charge >= 0.3 is 7.12 Å². The lowest BCUT2D eigenvalue weighted by Crippen LogP contribution is -2.41. The van der Waals surface area contributed by atoms with E-state index in [4.69, 9.17) is 9.31 Å². The van der Waals surface area contributed by atoms with Crippen LogP contribution in [0.15, 0.2) is 18.2 Å². The number of fused-ring (bicyclic) bond motifs is 1. The molecule has 5 heteroatoms. The zero-order chi connectivity index (χ0) is 14.7. The van der Waals surface area contributed by atoms with Crippen LogP contribution in [0.2, 0.25) is 0 Å². The zero-order valence-electron chi connectivity index (χ0n) is 12.7. The number of nitrogens with zero attached hydrogens (tertiary/aromatic N) is 1. The van der Waals surface area contributed by atoms with E-state index in [0.717, 1.165) is 16.7 Å². The number of likely N-dealkylation sites (N-methyl/N-ethyl adjacent to an activating group) is 1. The fraction of sp³-hybridized carbons (Fsp3) is 0.533. The van der Waals surface area contributed by atoms with E-state index in [1.807, 2.05) is 52.9 Å². The van der Waals surface area contributed by atoms with Gasteiger partial charge in [0.05, 0.1) is 17.6 Å². The van der Waals surface area contributed by atoms with Crippen LogP contribution in [0.1, 0.15) is 33.3 Å². The maximum atomic E-state index is 11.9. The molecule has 0 unspecified atom stereocenters. The molecule has 4 nitrogen and oxygen atoms in total. The average molecular weight is 273 g/mol. The Balaban J connectivity index is 2.03. The highest BCUT2D eigenvalue weighted by Crippen LogP contribution is 2.38. The van der Waals surface area contributed by atoms with E-state index in [0.29, 0.717) is 6.42 Å². The molecule has 2 aliphatic rings. The van der Waals surface area contributed by atoms with Crippen LogP contribution in [0.25, 0.3) is 0 Å². The minimum atomic E-state index is -0.428. The summed E-state index contributed by atoms with van der Waals surface area (Å²) < 4.78 is 12.2. The quantitative estimate of drug-likeness (QED) is 0.728. The minimum absolute atomic E-state index is 0.115. The molecule has 2 aliphatic heterocycles. The highest BCUT2D eigenvalue weighted by atomic mass is 16.7. The molecular formula is C15H20BNO3. The van der Waals surface area contributed by atoms with Crippen molar-refractivity contribution in [3.8, 4) is 0 Å². The molecule has 1 saturated heterocycles. The predicted octanol–water partition coefficient (Wildman–Crippen LogP) is 1.50. The minimum Gasteiger partial charge on any atom is -0.399 e. The van der Waals surface area contributed by atoms with E-state index >= 15 is 0 Å². The highest BCUT2D eigenvalue weighted by molar-refractivity contribution is 6.64. The van der Waals surface area contributed by atoms with E-state index in [2.05, 4.69) is 0 Å². The lowest BCUT2D eigenvalue weighted by molar-refractivity contribution is -0.117. The normalized spacial score (nSPS) is 23.4. The maximum Gasteiger partial charge on any atom is 0.496 e. The van der Waals surface area contributed by atoms with Crippen molar-refractivity contribution in [2.75, 3.05) is 11.9 Å². The van der Waals surface area contributed by atoms with E-state index in [-0.39, 0.29) is 17.1 Å². The van der Waals surface area contributed by atoms with Crippen LogP contribution in [0.5, 0.6) is 0 Å². The molecule has 0 N–H and O–H groups in total. The molecule has 1 fully saturated rings. The van der Waals surface area contributed by atoms with Gasteiger partial charge in [0.25, 0.3) is 0 Å². The predicted molar refractivity (Wildman–Crippen MR) is 79.3 cm³/mol. The van der Waals surface area contributed by atoms with Gasteiger partial charge in [-0.2, -0.15) is 0 Å². The zero-order valence-corrected chi connectivity index (χ0v) is 12.7. The summed E-state index contributed by atoms with van der Waals surface area (Å²) in [5.41, 5.74) is 2.18. The van der Waals surface area contributed by atoms with Gasteiger partial charge in [-0.3, -0.25) is 4.79 Å². The third-order valence-electron chi connectivity index (χ3n) is 4.71. The van der Waals surface area contributed by atoms with Crippen molar-refractivity contribution in [2.24, 2.45) is 0 Å². The second-order valence-electron chi connectivity index (χ2n) is 6.57. The SMILES string of the molecule is CN1C(=O)Cc2cccc(B3OC(C)(C)C(C)(C)O3)c21. The number of carbonyl (C=O) groups excluding carboxylic acids is 1. The number of anilines is 1. The molecule has 20 heavy (non-hydrogen) atoms. The van der Waals surface area contributed by atoms with Crippen molar-refractivity contribution in [2.45, 2.75) is 45.3 Å². The van der Waals surface area contributed by atoms with Gasteiger partial charge in [-0.05, 0) is 33.3 Å². The molecule has 0 atom stereocenters. The van der Waals surface area contributed by atoms with Crippen LogP contribution in [-0.2, 0) is 20.5 Å². The van der Waals surface area contributed by atoms with Crippen molar-refractivity contribution in [1.29, 1.82) is 0 Å². The van der Waals surface area contributed by atoms with Gasteiger partial charge in [-0.1, -0.05) is 18.2 Å². The Morgan fingerprint density at radius 1 is 1.15 bits per heavy atom. The van der Waals surface area contributed by atoms with Crippen LogP contribution in [0.3, 0.4) is 0 Å². The lowest BCUT2D eigenvalue weighted by Gasteiger charge is -2.32. The lowest BCUT2D eigenvalue weighted by atomic mass is 9.77. The third-order valence-corrected chi connectivity index (χ3v) is 4.71. The van der Waals surface area contributed by atoms with Crippen LogP contribution in [-0.4, -0.2) is 31.3 Å². The van der Waals surface area contributed by atoms with Gasteiger partial charge in [-0.15, -0.1) is 0 Å². The molecule has 0 radical (unpaired) electrons.